The molecule has 0 saturated carbocycles. The van der Waals surface area contributed by atoms with Crippen LogP contribution >= 0.6 is 0 Å². The summed E-state index contributed by atoms with van der Waals surface area (Å²) in [5, 5.41) is 2.43. The summed E-state index contributed by atoms with van der Waals surface area (Å²) in [4.78, 5) is 25.7. The number of rotatable bonds is 3. The van der Waals surface area contributed by atoms with E-state index in [1.54, 1.807) is 6.92 Å². The van der Waals surface area contributed by atoms with Crippen molar-refractivity contribution in [2.24, 2.45) is 4.99 Å². The lowest BCUT2D eigenvalue weighted by Crippen LogP contribution is -2.26. The maximum absolute atomic E-state index is 11.1. The maximum atomic E-state index is 11.1. The number of nitrogens with one attached hydrogen (secondary N) is 1. The van der Waals surface area contributed by atoms with Gasteiger partial charge in [0.05, 0.1) is 0 Å². The molecule has 0 aromatic heterocycles. The first kappa shape index (κ1) is 11.6. The molecule has 0 heterocycles. The minimum absolute atomic E-state index is 0.0648. The minimum Gasteiger partial charge on any atom is -0.354 e. The van der Waals surface area contributed by atoms with Crippen molar-refractivity contribution in [3.8, 4) is 0 Å². The maximum Gasteiger partial charge on any atom is 0.269 e. The molecule has 0 atom stereocenters. The topological polar surface area (TPSA) is 58.5 Å². The van der Waals surface area contributed by atoms with Crippen LogP contribution in [-0.2, 0) is 9.59 Å². The predicted molar refractivity (Wildman–Crippen MR) is 51.9 cm³/mol. The third kappa shape index (κ3) is 3.64. The fourth-order valence-corrected chi connectivity index (χ4v) is 0.666. The molecule has 0 aromatic carbocycles. The second kappa shape index (κ2) is 5.24. The molecule has 0 spiro atoms. The number of amides is 1. The van der Waals surface area contributed by atoms with E-state index in [1.165, 1.54) is 27.1 Å². The number of hydrogen-bond acceptors (Lipinski definition) is 3. The van der Waals surface area contributed by atoms with Crippen molar-refractivity contribution in [2.75, 3.05) is 14.1 Å². The van der Waals surface area contributed by atoms with E-state index in [-0.39, 0.29) is 17.4 Å². The number of allylic oxidation sites excluding steroid dienone is 1. The van der Waals surface area contributed by atoms with Crippen molar-refractivity contribution in [3.63, 3.8) is 0 Å². The summed E-state index contributed by atoms with van der Waals surface area (Å²) >= 11 is 0. The van der Waals surface area contributed by atoms with Gasteiger partial charge in [-0.15, -0.1) is 0 Å². The fraction of sp³-hybridized carbons (Fsp3) is 0.444. The Labute approximate surface area is 77.7 Å². The monoisotopic (exact) mass is 182 g/mol. The number of ketones is 1. The fourth-order valence-electron chi connectivity index (χ4n) is 0.666. The average molecular weight is 182 g/mol. The molecule has 0 unspecified atom stereocenters. The van der Waals surface area contributed by atoms with E-state index in [0.29, 0.717) is 5.57 Å². The lowest BCUT2D eigenvalue weighted by Gasteiger charge is -1.99. The molecule has 0 radical (unpaired) electrons. The van der Waals surface area contributed by atoms with Gasteiger partial charge in [0.15, 0.2) is 5.78 Å². The Morgan fingerprint density at radius 3 is 2.15 bits per heavy atom. The van der Waals surface area contributed by atoms with Gasteiger partial charge in [-0.25, -0.2) is 0 Å². The van der Waals surface area contributed by atoms with E-state index in [4.69, 9.17) is 0 Å². The van der Waals surface area contributed by atoms with Gasteiger partial charge in [-0.3, -0.25) is 14.6 Å². The molecule has 0 aliphatic heterocycles. The smallest absolute Gasteiger partial charge is 0.269 e. The van der Waals surface area contributed by atoms with E-state index in [9.17, 15) is 9.59 Å². The van der Waals surface area contributed by atoms with Gasteiger partial charge in [0.2, 0.25) is 0 Å². The molecule has 0 rings (SSSR count). The van der Waals surface area contributed by atoms with Crippen molar-refractivity contribution in [3.05, 3.63) is 11.6 Å². The van der Waals surface area contributed by atoms with Crippen molar-refractivity contribution in [2.45, 2.75) is 13.8 Å². The van der Waals surface area contributed by atoms with Crippen LogP contribution in [0.5, 0.6) is 0 Å². The first-order valence-electron chi connectivity index (χ1n) is 3.91. The van der Waals surface area contributed by atoms with E-state index in [1.807, 2.05) is 0 Å². The molecule has 0 aromatic rings. The molecule has 0 aliphatic carbocycles. The number of carbonyl (C=O) groups is 2. The Morgan fingerprint density at radius 1 is 1.31 bits per heavy atom. The number of hydrogen-bond donors (Lipinski definition) is 1. The van der Waals surface area contributed by atoms with Crippen LogP contribution in [0.1, 0.15) is 13.8 Å². The zero-order chi connectivity index (χ0) is 10.4. The van der Waals surface area contributed by atoms with Crippen LogP contribution in [0.3, 0.4) is 0 Å². The molecule has 1 N–H and O–H groups in total. The molecule has 0 aliphatic rings. The van der Waals surface area contributed by atoms with Gasteiger partial charge >= 0.3 is 0 Å². The summed E-state index contributed by atoms with van der Waals surface area (Å²) in [7, 11) is 3.03. The molecule has 0 saturated heterocycles. The second-order valence-electron chi connectivity index (χ2n) is 2.57. The highest BCUT2D eigenvalue weighted by Crippen LogP contribution is 1.95. The standard InChI is InChI=1S/C9H14N2O2/c1-6(7(2)12)5-8(10-3)9(13)11-4/h5H,1-4H3,(H,11,13)/b6-5+,10-8?. The van der Waals surface area contributed by atoms with Crippen LogP contribution in [0, 0.1) is 0 Å². The number of aliphatic imine (C=N–C) groups is 1. The van der Waals surface area contributed by atoms with Gasteiger partial charge in [0.25, 0.3) is 5.91 Å². The van der Waals surface area contributed by atoms with Crippen LogP contribution in [0.25, 0.3) is 0 Å². The summed E-state index contributed by atoms with van der Waals surface area (Å²) in [6, 6.07) is 0. The molecule has 72 valence electrons. The van der Waals surface area contributed by atoms with Crippen LogP contribution in [0.15, 0.2) is 16.6 Å². The van der Waals surface area contributed by atoms with Crippen LogP contribution in [0.4, 0.5) is 0 Å². The normalized spacial score (nSPS) is 12.6. The zero-order valence-corrected chi connectivity index (χ0v) is 8.34. The Balaban J connectivity index is 4.75. The average Bonchev–Trinajstić information content (AvgIpc) is 2.12. The van der Waals surface area contributed by atoms with Crippen molar-refractivity contribution >= 4 is 17.4 Å². The lowest BCUT2D eigenvalue weighted by molar-refractivity contribution is -0.114. The molecule has 4 nitrogen and oxygen atoms in total. The van der Waals surface area contributed by atoms with Crippen molar-refractivity contribution in [1.29, 1.82) is 0 Å². The van der Waals surface area contributed by atoms with Gasteiger partial charge in [0.1, 0.15) is 5.71 Å². The predicted octanol–water partition coefficient (Wildman–Crippen LogP) is 0.339. The SMILES string of the molecule is CN=C(/C=C(\C)C(C)=O)C(=O)NC. The van der Waals surface area contributed by atoms with Crippen LogP contribution in [0.2, 0.25) is 0 Å². The Kier molecular flexibility index (Phi) is 4.66. The molecule has 1 amide bonds. The molecule has 4 heteroatoms. The highest BCUT2D eigenvalue weighted by molar-refractivity contribution is 6.43. The summed E-state index contributed by atoms with van der Waals surface area (Å²) in [6.45, 7) is 3.10. The molecular formula is C9H14N2O2. The van der Waals surface area contributed by atoms with Crippen molar-refractivity contribution in [1.82, 2.24) is 5.32 Å². The van der Waals surface area contributed by atoms with Gasteiger partial charge < -0.3 is 5.32 Å². The molecule has 0 bridgehead atoms. The van der Waals surface area contributed by atoms with Gasteiger partial charge in [-0.05, 0) is 25.5 Å². The van der Waals surface area contributed by atoms with E-state index in [2.05, 4.69) is 10.3 Å². The number of Topliss-reactive ketones (excluding diaryl/α,β-unsaturated/α-hetero) is 1. The first-order valence-corrected chi connectivity index (χ1v) is 3.91. The van der Waals surface area contributed by atoms with Gasteiger partial charge in [0, 0.05) is 14.1 Å². The third-order valence-corrected chi connectivity index (χ3v) is 1.61. The largest absolute Gasteiger partial charge is 0.354 e. The van der Waals surface area contributed by atoms with Crippen molar-refractivity contribution < 1.29 is 9.59 Å². The summed E-state index contributed by atoms with van der Waals surface area (Å²) < 4.78 is 0. The highest BCUT2D eigenvalue weighted by Gasteiger charge is 2.06. The molecule has 13 heavy (non-hydrogen) atoms. The van der Waals surface area contributed by atoms with Crippen LogP contribution in [-0.4, -0.2) is 31.5 Å². The van der Waals surface area contributed by atoms with Gasteiger partial charge in [-0.2, -0.15) is 0 Å². The van der Waals surface area contributed by atoms with E-state index in [0.717, 1.165) is 0 Å². The lowest BCUT2D eigenvalue weighted by atomic mass is 10.1. The Morgan fingerprint density at radius 2 is 1.85 bits per heavy atom. The summed E-state index contributed by atoms with van der Waals surface area (Å²) in [6.07, 6.45) is 1.47. The Hall–Kier alpha value is -1.45. The first-order chi connectivity index (χ1) is 6.02. The molecular weight excluding hydrogens is 168 g/mol. The Bertz CT molecular complexity index is 277. The van der Waals surface area contributed by atoms with Gasteiger partial charge in [-0.1, -0.05) is 0 Å². The zero-order valence-electron chi connectivity index (χ0n) is 8.34. The third-order valence-electron chi connectivity index (χ3n) is 1.61. The highest BCUT2D eigenvalue weighted by atomic mass is 16.1. The van der Waals surface area contributed by atoms with E-state index < -0.39 is 0 Å². The summed E-state index contributed by atoms with van der Waals surface area (Å²) in [5.74, 6) is -0.354. The quantitative estimate of drug-likeness (QED) is 0.505. The minimum atomic E-state index is -0.289. The number of nitrogens with zero attached hydrogens (tertiary/aromatic N) is 1. The molecule has 0 fully saturated rings. The number of carbonyl (C=O) groups excluding carboxylic acids is 2. The van der Waals surface area contributed by atoms with E-state index >= 15 is 0 Å². The van der Waals surface area contributed by atoms with Crippen LogP contribution < -0.4 is 5.32 Å². The second-order valence-corrected chi connectivity index (χ2v) is 2.57. The summed E-state index contributed by atoms with van der Waals surface area (Å²) in [5.41, 5.74) is 0.777.